The third-order valence-corrected chi connectivity index (χ3v) is 3.88. The second-order valence-corrected chi connectivity index (χ2v) is 5.10. The summed E-state index contributed by atoms with van der Waals surface area (Å²) in [5.41, 5.74) is 1.02. The fourth-order valence-corrected chi connectivity index (χ4v) is 2.72. The van der Waals surface area contributed by atoms with Crippen LogP contribution in [0.4, 0.5) is 13.2 Å². The van der Waals surface area contributed by atoms with Crippen LogP contribution in [0.5, 0.6) is 5.88 Å². The SMILES string of the molecule is CCC1CCC(c2ccc(OC(F)(F)F)nc2)CC1. The van der Waals surface area contributed by atoms with Gasteiger partial charge in [-0.1, -0.05) is 19.4 Å². The molecule has 0 amide bonds. The molecule has 1 saturated carbocycles. The topological polar surface area (TPSA) is 22.1 Å². The van der Waals surface area contributed by atoms with Gasteiger partial charge in [-0.05, 0) is 43.1 Å². The Kier molecular flexibility index (Phi) is 4.32. The van der Waals surface area contributed by atoms with E-state index in [2.05, 4.69) is 16.6 Å². The zero-order chi connectivity index (χ0) is 13.9. The second-order valence-electron chi connectivity index (χ2n) is 5.10. The van der Waals surface area contributed by atoms with Crippen molar-refractivity contribution in [2.75, 3.05) is 0 Å². The van der Waals surface area contributed by atoms with E-state index in [0.29, 0.717) is 5.92 Å². The number of ether oxygens (including phenoxy) is 1. The molecule has 0 atom stereocenters. The normalized spacial score (nSPS) is 24.2. The molecule has 1 aliphatic carbocycles. The van der Waals surface area contributed by atoms with E-state index in [9.17, 15) is 13.2 Å². The minimum atomic E-state index is -4.67. The molecule has 2 rings (SSSR count). The monoisotopic (exact) mass is 273 g/mol. The molecule has 0 N–H and O–H groups in total. The number of hydrogen-bond acceptors (Lipinski definition) is 2. The lowest BCUT2D eigenvalue weighted by Gasteiger charge is -2.27. The van der Waals surface area contributed by atoms with Gasteiger partial charge in [-0.25, -0.2) is 4.98 Å². The molecule has 5 heteroatoms. The number of pyridine rings is 1. The lowest BCUT2D eigenvalue weighted by Crippen LogP contribution is -2.18. The summed E-state index contributed by atoms with van der Waals surface area (Å²) >= 11 is 0. The molecule has 1 heterocycles. The van der Waals surface area contributed by atoms with Gasteiger partial charge in [-0.2, -0.15) is 0 Å². The highest BCUT2D eigenvalue weighted by atomic mass is 19.4. The summed E-state index contributed by atoms with van der Waals surface area (Å²) in [6, 6.07) is 3.00. The van der Waals surface area contributed by atoms with E-state index in [1.807, 2.05) is 0 Å². The Labute approximate surface area is 111 Å². The molecular weight excluding hydrogens is 255 g/mol. The zero-order valence-corrected chi connectivity index (χ0v) is 10.9. The minimum Gasteiger partial charge on any atom is -0.388 e. The molecule has 0 aliphatic heterocycles. The number of hydrogen-bond donors (Lipinski definition) is 0. The van der Waals surface area contributed by atoms with E-state index < -0.39 is 12.2 Å². The zero-order valence-electron chi connectivity index (χ0n) is 10.9. The van der Waals surface area contributed by atoms with Crippen molar-refractivity contribution in [1.29, 1.82) is 0 Å². The van der Waals surface area contributed by atoms with Crippen LogP contribution in [0.3, 0.4) is 0 Å². The van der Waals surface area contributed by atoms with Crippen LogP contribution in [0.2, 0.25) is 0 Å². The number of alkyl halides is 3. The third kappa shape index (κ3) is 4.11. The highest BCUT2D eigenvalue weighted by Gasteiger charge is 2.31. The van der Waals surface area contributed by atoms with Gasteiger partial charge >= 0.3 is 6.36 Å². The van der Waals surface area contributed by atoms with Gasteiger partial charge in [0.15, 0.2) is 0 Å². The molecule has 0 spiro atoms. The van der Waals surface area contributed by atoms with Crippen LogP contribution in [-0.2, 0) is 0 Å². The summed E-state index contributed by atoms with van der Waals surface area (Å²) in [5, 5.41) is 0. The maximum absolute atomic E-state index is 12.0. The van der Waals surface area contributed by atoms with Gasteiger partial charge in [0, 0.05) is 12.3 Å². The van der Waals surface area contributed by atoms with Crippen molar-refractivity contribution in [2.24, 2.45) is 5.92 Å². The molecule has 106 valence electrons. The van der Waals surface area contributed by atoms with Crippen molar-refractivity contribution >= 4 is 0 Å². The first kappa shape index (κ1) is 14.2. The first-order valence-electron chi connectivity index (χ1n) is 6.69. The molecule has 0 unspecified atom stereocenters. The van der Waals surface area contributed by atoms with Crippen LogP contribution in [0.15, 0.2) is 18.3 Å². The van der Waals surface area contributed by atoms with E-state index in [4.69, 9.17) is 0 Å². The van der Waals surface area contributed by atoms with E-state index in [-0.39, 0.29) is 0 Å². The highest BCUT2D eigenvalue weighted by Crippen LogP contribution is 2.37. The van der Waals surface area contributed by atoms with Gasteiger partial charge in [0.1, 0.15) is 0 Å². The van der Waals surface area contributed by atoms with Gasteiger partial charge < -0.3 is 4.74 Å². The molecule has 0 bridgehead atoms. The van der Waals surface area contributed by atoms with Crippen molar-refractivity contribution < 1.29 is 17.9 Å². The highest BCUT2D eigenvalue weighted by molar-refractivity contribution is 5.21. The molecule has 1 fully saturated rings. The van der Waals surface area contributed by atoms with Crippen molar-refractivity contribution in [3.05, 3.63) is 23.9 Å². The van der Waals surface area contributed by atoms with Gasteiger partial charge in [-0.3, -0.25) is 0 Å². The average molecular weight is 273 g/mol. The fourth-order valence-electron chi connectivity index (χ4n) is 2.72. The summed E-state index contributed by atoms with van der Waals surface area (Å²) in [4.78, 5) is 3.74. The Bertz CT molecular complexity index is 394. The molecule has 19 heavy (non-hydrogen) atoms. The second kappa shape index (κ2) is 5.80. The van der Waals surface area contributed by atoms with Crippen molar-refractivity contribution in [2.45, 2.75) is 51.3 Å². The smallest absolute Gasteiger partial charge is 0.388 e. The molecule has 0 saturated heterocycles. The molecular formula is C14H18F3NO. The standard InChI is InChI=1S/C14H18F3NO/c1-2-10-3-5-11(6-4-10)12-7-8-13(18-9-12)19-14(15,16)17/h7-11H,2-6H2,1H3. The summed E-state index contributed by atoms with van der Waals surface area (Å²) < 4.78 is 39.8. The lowest BCUT2D eigenvalue weighted by atomic mass is 9.78. The van der Waals surface area contributed by atoms with Crippen LogP contribution >= 0.6 is 0 Å². The summed E-state index contributed by atoms with van der Waals surface area (Å²) in [6.45, 7) is 2.20. The van der Waals surface area contributed by atoms with E-state index in [1.165, 1.54) is 31.5 Å². The maximum Gasteiger partial charge on any atom is 0.574 e. The summed E-state index contributed by atoms with van der Waals surface area (Å²) in [6.07, 6.45) is 2.64. The van der Waals surface area contributed by atoms with E-state index >= 15 is 0 Å². The number of halogens is 3. The predicted molar refractivity (Wildman–Crippen MR) is 65.9 cm³/mol. The minimum absolute atomic E-state index is 0.390. The first-order valence-corrected chi connectivity index (χ1v) is 6.69. The van der Waals surface area contributed by atoms with Gasteiger partial charge in [-0.15, -0.1) is 13.2 Å². The van der Waals surface area contributed by atoms with Crippen LogP contribution in [0.1, 0.15) is 50.5 Å². The van der Waals surface area contributed by atoms with Crippen LogP contribution < -0.4 is 4.74 Å². The van der Waals surface area contributed by atoms with E-state index in [0.717, 1.165) is 24.3 Å². The van der Waals surface area contributed by atoms with Crippen molar-refractivity contribution in [1.82, 2.24) is 4.98 Å². The van der Waals surface area contributed by atoms with E-state index in [1.54, 1.807) is 6.07 Å². The fraction of sp³-hybridized carbons (Fsp3) is 0.643. The Balaban J connectivity index is 1.95. The number of nitrogens with zero attached hydrogens (tertiary/aromatic N) is 1. The maximum atomic E-state index is 12.0. The molecule has 0 radical (unpaired) electrons. The van der Waals surface area contributed by atoms with Crippen LogP contribution in [0.25, 0.3) is 0 Å². The third-order valence-electron chi connectivity index (χ3n) is 3.88. The van der Waals surface area contributed by atoms with Gasteiger partial charge in [0.05, 0.1) is 0 Å². The molecule has 2 nitrogen and oxygen atoms in total. The largest absolute Gasteiger partial charge is 0.574 e. The Morgan fingerprint density at radius 1 is 1.21 bits per heavy atom. The van der Waals surface area contributed by atoms with Crippen LogP contribution in [-0.4, -0.2) is 11.3 Å². The molecule has 1 aliphatic rings. The first-order chi connectivity index (χ1) is 8.98. The molecule has 0 aromatic carbocycles. The summed E-state index contributed by atoms with van der Waals surface area (Å²) in [5.74, 6) is 0.839. The predicted octanol–water partition coefficient (Wildman–Crippen LogP) is 4.66. The van der Waals surface area contributed by atoms with Crippen LogP contribution in [0, 0.1) is 5.92 Å². The number of rotatable bonds is 3. The average Bonchev–Trinajstić information content (AvgIpc) is 2.38. The molecule has 1 aromatic heterocycles. The van der Waals surface area contributed by atoms with Crippen molar-refractivity contribution in [3.8, 4) is 5.88 Å². The van der Waals surface area contributed by atoms with Crippen molar-refractivity contribution in [3.63, 3.8) is 0 Å². The molecule has 1 aromatic rings. The van der Waals surface area contributed by atoms with Gasteiger partial charge in [0.2, 0.25) is 5.88 Å². The quantitative estimate of drug-likeness (QED) is 0.798. The number of aromatic nitrogens is 1. The van der Waals surface area contributed by atoms with Gasteiger partial charge in [0.25, 0.3) is 0 Å². The Hall–Kier alpha value is -1.26. The lowest BCUT2D eigenvalue weighted by molar-refractivity contribution is -0.276. The Morgan fingerprint density at radius 3 is 2.37 bits per heavy atom. The Morgan fingerprint density at radius 2 is 1.89 bits per heavy atom. The summed E-state index contributed by atoms with van der Waals surface area (Å²) in [7, 11) is 0.